The van der Waals surface area contributed by atoms with Crippen molar-refractivity contribution in [1.82, 2.24) is 4.72 Å². The molecule has 2 aromatic rings. The number of hydrogen-bond acceptors (Lipinski definition) is 7. The SMILES string of the molecule is Cc1ccc(N2CCOC(C(=O)C3Nc4ccc(C(=N)N)cc4S(=O)(=O)N3)C2=O)cc1. The van der Waals surface area contributed by atoms with E-state index in [2.05, 4.69) is 10.0 Å². The third-order valence-corrected chi connectivity index (χ3v) is 6.60. The van der Waals surface area contributed by atoms with Crippen LogP contribution in [0.4, 0.5) is 11.4 Å². The number of hydrogen-bond donors (Lipinski definition) is 4. The number of nitrogens with two attached hydrogens (primary N) is 1. The monoisotopic (exact) mass is 443 g/mol. The summed E-state index contributed by atoms with van der Waals surface area (Å²) in [6, 6.07) is 11.4. The summed E-state index contributed by atoms with van der Waals surface area (Å²) in [5.41, 5.74) is 7.49. The minimum absolute atomic E-state index is 0.133. The maximum atomic E-state index is 13.1. The summed E-state index contributed by atoms with van der Waals surface area (Å²) in [6.07, 6.45) is -2.83. The lowest BCUT2D eigenvalue weighted by molar-refractivity contribution is -0.146. The molecule has 0 radical (unpaired) electrons. The Bertz CT molecular complexity index is 1180. The lowest BCUT2D eigenvalue weighted by Gasteiger charge is -2.34. The summed E-state index contributed by atoms with van der Waals surface area (Å²) < 4.78 is 33.1. The fourth-order valence-corrected chi connectivity index (χ4v) is 4.80. The lowest BCUT2D eigenvalue weighted by Crippen LogP contribution is -2.59. The molecule has 4 rings (SSSR count). The molecule has 10 nitrogen and oxygen atoms in total. The number of anilines is 2. The minimum atomic E-state index is -4.08. The van der Waals surface area contributed by atoms with Gasteiger partial charge in [-0.05, 0) is 37.3 Å². The summed E-state index contributed by atoms with van der Waals surface area (Å²) >= 11 is 0. The van der Waals surface area contributed by atoms with Gasteiger partial charge in [0.1, 0.15) is 10.7 Å². The van der Waals surface area contributed by atoms with Crippen LogP contribution in [0.2, 0.25) is 0 Å². The first-order valence-electron chi connectivity index (χ1n) is 9.48. The number of nitrogens with one attached hydrogen (secondary N) is 3. The molecule has 11 heteroatoms. The van der Waals surface area contributed by atoms with Gasteiger partial charge in [-0.3, -0.25) is 15.0 Å². The molecule has 2 atom stereocenters. The van der Waals surface area contributed by atoms with Crippen molar-refractivity contribution < 1.29 is 22.7 Å². The molecule has 1 amide bonds. The lowest BCUT2D eigenvalue weighted by atomic mass is 10.1. The molecule has 31 heavy (non-hydrogen) atoms. The van der Waals surface area contributed by atoms with E-state index in [1.54, 1.807) is 12.1 Å². The van der Waals surface area contributed by atoms with Gasteiger partial charge < -0.3 is 20.7 Å². The summed E-state index contributed by atoms with van der Waals surface area (Å²) in [4.78, 5) is 27.3. The molecule has 162 valence electrons. The Morgan fingerprint density at radius 2 is 1.94 bits per heavy atom. The van der Waals surface area contributed by atoms with Crippen LogP contribution in [-0.4, -0.2) is 51.4 Å². The van der Waals surface area contributed by atoms with E-state index in [0.717, 1.165) is 5.56 Å². The fourth-order valence-electron chi connectivity index (χ4n) is 3.49. The number of carbonyl (C=O) groups is 2. The van der Waals surface area contributed by atoms with Gasteiger partial charge in [0.25, 0.3) is 5.91 Å². The number of nitrogens with zero attached hydrogens (tertiary/aromatic N) is 1. The van der Waals surface area contributed by atoms with Crippen LogP contribution in [0.5, 0.6) is 0 Å². The number of aryl methyl sites for hydroxylation is 1. The zero-order valence-electron chi connectivity index (χ0n) is 16.6. The Morgan fingerprint density at radius 3 is 2.61 bits per heavy atom. The second-order valence-electron chi connectivity index (χ2n) is 7.30. The van der Waals surface area contributed by atoms with Crippen molar-refractivity contribution in [2.45, 2.75) is 24.1 Å². The molecule has 2 unspecified atom stereocenters. The van der Waals surface area contributed by atoms with Gasteiger partial charge in [-0.1, -0.05) is 17.7 Å². The molecule has 0 bridgehead atoms. The summed E-state index contributed by atoms with van der Waals surface area (Å²) in [5.74, 6) is -1.58. The highest BCUT2D eigenvalue weighted by Gasteiger charge is 2.43. The van der Waals surface area contributed by atoms with Crippen LogP contribution in [-0.2, 0) is 24.3 Å². The number of amidine groups is 1. The zero-order valence-corrected chi connectivity index (χ0v) is 17.4. The Labute approximate surface area is 178 Å². The summed E-state index contributed by atoms with van der Waals surface area (Å²) in [5, 5.41) is 10.3. The van der Waals surface area contributed by atoms with Crippen LogP contribution in [0.1, 0.15) is 11.1 Å². The highest BCUT2D eigenvalue weighted by molar-refractivity contribution is 7.89. The standard InChI is InChI=1S/C20H21N5O5S/c1-11-2-5-13(6-3-11)25-8-9-30-17(20(25)27)16(26)19-23-14-7-4-12(18(21)22)10-15(14)31(28,29)24-19/h2-7,10,17,19,23-24H,8-9H2,1H3,(H3,21,22). The first-order valence-corrected chi connectivity index (χ1v) is 11.0. The molecule has 2 heterocycles. The Balaban J connectivity index is 1.59. The van der Waals surface area contributed by atoms with Crippen molar-refractivity contribution in [3.63, 3.8) is 0 Å². The van der Waals surface area contributed by atoms with E-state index >= 15 is 0 Å². The average molecular weight is 443 g/mol. The second-order valence-corrected chi connectivity index (χ2v) is 8.98. The molecule has 0 aromatic heterocycles. The molecule has 1 saturated heterocycles. The van der Waals surface area contributed by atoms with Crippen molar-refractivity contribution in [3.8, 4) is 0 Å². The predicted molar refractivity (Wildman–Crippen MR) is 113 cm³/mol. The molecular formula is C20H21N5O5S. The molecule has 5 N–H and O–H groups in total. The van der Waals surface area contributed by atoms with E-state index in [1.165, 1.54) is 23.1 Å². The van der Waals surface area contributed by atoms with E-state index in [0.29, 0.717) is 5.69 Å². The van der Waals surface area contributed by atoms with E-state index in [1.807, 2.05) is 19.1 Å². The van der Waals surface area contributed by atoms with Crippen molar-refractivity contribution in [3.05, 3.63) is 53.6 Å². The molecule has 2 aliphatic heterocycles. The number of morpholine rings is 1. The van der Waals surface area contributed by atoms with Gasteiger partial charge in [-0.25, -0.2) is 8.42 Å². The molecule has 0 saturated carbocycles. The van der Waals surface area contributed by atoms with Gasteiger partial charge in [-0.15, -0.1) is 0 Å². The van der Waals surface area contributed by atoms with Gasteiger partial charge in [-0.2, -0.15) is 4.72 Å². The average Bonchev–Trinajstić information content (AvgIpc) is 2.73. The van der Waals surface area contributed by atoms with Gasteiger partial charge in [0, 0.05) is 17.8 Å². The Hall–Kier alpha value is -3.28. The number of benzene rings is 2. The van der Waals surface area contributed by atoms with E-state index in [-0.39, 0.29) is 35.1 Å². The van der Waals surface area contributed by atoms with Gasteiger partial charge >= 0.3 is 0 Å². The van der Waals surface area contributed by atoms with Crippen LogP contribution in [0.25, 0.3) is 0 Å². The smallest absolute Gasteiger partial charge is 0.264 e. The molecule has 2 aliphatic rings. The maximum Gasteiger partial charge on any atom is 0.264 e. The first-order chi connectivity index (χ1) is 14.7. The Kier molecular flexibility index (Phi) is 5.25. The largest absolute Gasteiger partial charge is 0.384 e. The number of ether oxygens (including phenoxy) is 1. The van der Waals surface area contributed by atoms with Crippen molar-refractivity contribution >= 4 is 38.9 Å². The third kappa shape index (κ3) is 3.90. The summed E-state index contributed by atoms with van der Waals surface area (Å²) in [6.45, 7) is 2.34. The molecule has 0 aliphatic carbocycles. The zero-order chi connectivity index (χ0) is 22.3. The minimum Gasteiger partial charge on any atom is -0.384 e. The van der Waals surface area contributed by atoms with Crippen LogP contribution >= 0.6 is 0 Å². The summed E-state index contributed by atoms with van der Waals surface area (Å²) in [7, 11) is -4.08. The quantitative estimate of drug-likeness (QED) is 0.301. The van der Waals surface area contributed by atoms with Crippen molar-refractivity contribution in [1.29, 1.82) is 5.41 Å². The number of ketones is 1. The highest BCUT2D eigenvalue weighted by atomic mass is 32.2. The normalized spacial score (nSPS) is 22.4. The molecule has 0 spiro atoms. The number of fused-ring (bicyclic) bond motifs is 1. The van der Waals surface area contributed by atoms with Gasteiger partial charge in [0.15, 0.2) is 12.3 Å². The highest BCUT2D eigenvalue weighted by Crippen LogP contribution is 2.28. The maximum absolute atomic E-state index is 13.1. The number of carbonyl (C=O) groups excluding carboxylic acids is 2. The van der Waals surface area contributed by atoms with Gasteiger partial charge in [0.2, 0.25) is 15.8 Å². The first kappa shape index (κ1) is 21.0. The van der Waals surface area contributed by atoms with E-state index < -0.39 is 34.0 Å². The van der Waals surface area contributed by atoms with Crippen LogP contribution in [0.3, 0.4) is 0 Å². The topological polar surface area (TPSA) is 155 Å². The molecule has 2 aromatic carbocycles. The number of Topliss-reactive ketones (excluding diaryl/α,β-unsaturated/α-hetero) is 1. The molecular weight excluding hydrogens is 422 g/mol. The van der Waals surface area contributed by atoms with Crippen LogP contribution in [0.15, 0.2) is 47.4 Å². The fraction of sp³-hybridized carbons (Fsp3) is 0.250. The number of amides is 1. The van der Waals surface area contributed by atoms with Crippen molar-refractivity contribution in [2.75, 3.05) is 23.4 Å². The van der Waals surface area contributed by atoms with E-state index in [9.17, 15) is 18.0 Å². The number of nitrogen functional groups attached to an aromatic ring is 1. The predicted octanol–water partition coefficient (Wildman–Crippen LogP) is 0.310. The number of rotatable bonds is 4. The number of sulfonamides is 1. The molecule has 1 fully saturated rings. The third-order valence-electron chi connectivity index (χ3n) is 5.13. The van der Waals surface area contributed by atoms with Crippen LogP contribution < -0.4 is 20.7 Å². The van der Waals surface area contributed by atoms with Crippen molar-refractivity contribution in [2.24, 2.45) is 5.73 Å². The van der Waals surface area contributed by atoms with E-state index in [4.69, 9.17) is 15.9 Å². The Morgan fingerprint density at radius 1 is 1.23 bits per heavy atom. The van der Waals surface area contributed by atoms with Gasteiger partial charge in [0.05, 0.1) is 12.3 Å². The second kappa shape index (κ2) is 7.76. The van der Waals surface area contributed by atoms with Crippen LogP contribution in [0, 0.1) is 12.3 Å².